The van der Waals surface area contributed by atoms with E-state index in [1.54, 1.807) is 24.3 Å². The second-order valence-electron chi connectivity index (χ2n) is 5.56. The minimum atomic E-state index is -1.21. The topological polar surface area (TPSA) is 114 Å². The molecule has 5 N–H and O–H groups in total. The minimum Gasteiger partial charge on any atom is -0.494 e. The van der Waals surface area contributed by atoms with Crippen molar-refractivity contribution in [3.05, 3.63) is 42.1 Å². The minimum absolute atomic E-state index is 0.0788. The molecule has 1 atom stereocenters. The van der Waals surface area contributed by atoms with E-state index < -0.39 is 17.9 Å². The molecule has 1 aromatic rings. The zero-order valence-corrected chi connectivity index (χ0v) is 12.7. The summed E-state index contributed by atoms with van der Waals surface area (Å²) >= 11 is 0. The lowest BCUT2D eigenvalue weighted by atomic mass is 10.1. The zero-order chi connectivity index (χ0) is 16.8. The molecule has 1 saturated carbocycles. The summed E-state index contributed by atoms with van der Waals surface area (Å²) < 4.78 is 5.60. The predicted octanol–water partition coefficient (Wildman–Crippen LogP) is 0.942. The van der Waals surface area contributed by atoms with Gasteiger partial charge in [0.2, 0.25) is 0 Å². The van der Waals surface area contributed by atoms with Crippen LogP contribution in [0, 0.1) is 5.92 Å². The van der Waals surface area contributed by atoms with Gasteiger partial charge in [0.25, 0.3) is 11.8 Å². The van der Waals surface area contributed by atoms with Crippen molar-refractivity contribution in [2.45, 2.75) is 25.3 Å². The Morgan fingerprint density at radius 3 is 2.52 bits per heavy atom. The molecule has 7 nitrogen and oxygen atoms in total. The zero-order valence-electron chi connectivity index (χ0n) is 12.7. The van der Waals surface area contributed by atoms with E-state index in [1.165, 1.54) is 18.3 Å². The van der Waals surface area contributed by atoms with Crippen LogP contribution < -0.4 is 21.3 Å². The Labute approximate surface area is 134 Å². The molecule has 0 bridgehead atoms. The maximum absolute atomic E-state index is 12.1. The standard InChI is InChI=1S/C16H21N3O4/c1-10(17)14(16(21)19-22)18-15(20)12-4-6-13(7-5-12)23-9-8-11-2-3-11/h4-7,11,14,22H,1-3,8-9,17H2,(H,18,20)(H,19,21)/t14-/m0/s1. The monoisotopic (exact) mass is 319 g/mol. The van der Waals surface area contributed by atoms with Crippen LogP contribution in [0.15, 0.2) is 36.5 Å². The number of amides is 2. The molecule has 1 aliphatic carbocycles. The van der Waals surface area contributed by atoms with Gasteiger partial charge in [-0.1, -0.05) is 19.4 Å². The van der Waals surface area contributed by atoms with Gasteiger partial charge in [-0.05, 0) is 36.6 Å². The number of carbonyl (C=O) groups is 2. The average Bonchev–Trinajstić information content (AvgIpc) is 3.36. The maximum atomic E-state index is 12.1. The molecule has 0 aliphatic heterocycles. The van der Waals surface area contributed by atoms with Crippen molar-refractivity contribution >= 4 is 11.8 Å². The number of benzene rings is 1. The van der Waals surface area contributed by atoms with E-state index in [2.05, 4.69) is 11.9 Å². The van der Waals surface area contributed by atoms with E-state index in [9.17, 15) is 9.59 Å². The summed E-state index contributed by atoms with van der Waals surface area (Å²) in [5.41, 5.74) is 7.15. The summed E-state index contributed by atoms with van der Waals surface area (Å²) in [5.74, 6) is 0.134. The molecule has 0 saturated heterocycles. The summed E-state index contributed by atoms with van der Waals surface area (Å²) in [6, 6.07) is 5.37. The largest absolute Gasteiger partial charge is 0.494 e. The maximum Gasteiger partial charge on any atom is 0.272 e. The third-order valence-corrected chi connectivity index (χ3v) is 3.63. The number of rotatable bonds is 8. The highest BCUT2D eigenvalue weighted by atomic mass is 16.5. The van der Waals surface area contributed by atoms with E-state index >= 15 is 0 Å². The van der Waals surface area contributed by atoms with Gasteiger partial charge in [0, 0.05) is 11.3 Å². The molecule has 2 rings (SSSR count). The van der Waals surface area contributed by atoms with Crippen molar-refractivity contribution < 1.29 is 19.5 Å². The predicted molar refractivity (Wildman–Crippen MR) is 83.8 cm³/mol. The molecular formula is C16H21N3O4. The first-order valence-electron chi connectivity index (χ1n) is 7.43. The molecule has 7 heteroatoms. The Balaban J connectivity index is 1.90. The molecule has 2 amide bonds. The Hall–Kier alpha value is -2.54. The Kier molecular flexibility index (Phi) is 5.59. The summed E-state index contributed by atoms with van der Waals surface area (Å²) in [7, 11) is 0. The van der Waals surface area contributed by atoms with Crippen molar-refractivity contribution in [3.8, 4) is 5.75 Å². The third kappa shape index (κ3) is 5.00. The Morgan fingerprint density at radius 1 is 1.35 bits per heavy atom. The van der Waals surface area contributed by atoms with Gasteiger partial charge in [-0.25, -0.2) is 5.48 Å². The van der Waals surface area contributed by atoms with Crippen LogP contribution >= 0.6 is 0 Å². The van der Waals surface area contributed by atoms with Gasteiger partial charge in [-0.15, -0.1) is 0 Å². The van der Waals surface area contributed by atoms with E-state index in [0.717, 1.165) is 12.3 Å². The van der Waals surface area contributed by atoms with E-state index in [0.29, 0.717) is 17.9 Å². The number of hydroxylamine groups is 1. The highest BCUT2D eigenvalue weighted by Crippen LogP contribution is 2.32. The van der Waals surface area contributed by atoms with Gasteiger partial charge in [0.15, 0.2) is 0 Å². The van der Waals surface area contributed by atoms with Gasteiger partial charge in [-0.3, -0.25) is 14.8 Å². The molecule has 0 unspecified atom stereocenters. The first-order chi connectivity index (χ1) is 11.0. The van der Waals surface area contributed by atoms with Crippen LogP contribution in [0.25, 0.3) is 0 Å². The summed E-state index contributed by atoms with van der Waals surface area (Å²) in [4.78, 5) is 23.5. The lowest BCUT2D eigenvalue weighted by molar-refractivity contribution is -0.130. The lowest BCUT2D eigenvalue weighted by Crippen LogP contribution is -2.48. The van der Waals surface area contributed by atoms with Crippen LogP contribution in [-0.4, -0.2) is 29.7 Å². The number of nitrogens with two attached hydrogens (primary N) is 1. The van der Waals surface area contributed by atoms with E-state index in [-0.39, 0.29) is 5.70 Å². The van der Waals surface area contributed by atoms with Crippen molar-refractivity contribution in [1.82, 2.24) is 10.8 Å². The van der Waals surface area contributed by atoms with Crippen LogP contribution in [0.4, 0.5) is 0 Å². The van der Waals surface area contributed by atoms with Gasteiger partial charge in [0.1, 0.15) is 11.8 Å². The molecule has 124 valence electrons. The molecule has 1 aliphatic rings. The highest BCUT2D eigenvalue weighted by molar-refractivity contribution is 5.98. The second kappa shape index (κ2) is 7.64. The van der Waals surface area contributed by atoms with Gasteiger partial charge < -0.3 is 15.8 Å². The van der Waals surface area contributed by atoms with Crippen LogP contribution in [0.2, 0.25) is 0 Å². The normalized spacial score (nSPS) is 14.7. The smallest absolute Gasteiger partial charge is 0.272 e. The molecule has 0 heterocycles. The summed E-state index contributed by atoms with van der Waals surface area (Å²) in [6.45, 7) is 4.08. The molecule has 23 heavy (non-hydrogen) atoms. The Morgan fingerprint density at radius 2 is 2.00 bits per heavy atom. The first kappa shape index (κ1) is 16.8. The van der Waals surface area contributed by atoms with Crippen molar-refractivity contribution in [3.63, 3.8) is 0 Å². The molecule has 0 aromatic heterocycles. The number of nitrogens with one attached hydrogen (secondary N) is 2. The molecule has 1 fully saturated rings. The number of hydrogen-bond donors (Lipinski definition) is 4. The van der Waals surface area contributed by atoms with E-state index in [4.69, 9.17) is 15.7 Å². The van der Waals surface area contributed by atoms with Crippen molar-refractivity contribution in [2.24, 2.45) is 11.7 Å². The second-order valence-corrected chi connectivity index (χ2v) is 5.56. The van der Waals surface area contributed by atoms with Gasteiger partial charge in [-0.2, -0.15) is 0 Å². The molecule has 1 aromatic carbocycles. The third-order valence-electron chi connectivity index (χ3n) is 3.63. The van der Waals surface area contributed by atoms with Gasteiger partial charge in [0.05, 0.1) is 6.61 Å². The fraction of sp³-hybridized carbons (Fsp3) is 0.375. The summed E-state index contributed by atoms with van der Waals surface area (Å²) in [6.07, 6.45) is 3.63. The fourth-order valence-electron chi connectivity index (χ4n) is 2.06. The van der Waals surface area contributed by atoms with Crippen LogP contribution in [0.5, 0.6) is 5.75 Å². The van der Waals surface area contributed by atoms with Crippen LogP contribution in [0.3, 0.4) is 0 Å². The fourth-order valence-corrected chi connectivity index (χ4v) is 2.06. The SMILES string of the molecule is C=C(N)[C@H](NC(=O)c1ccc(OCCC2CC2)cc1)C(=O)NO. The number of ether oxygens (including phenoxy) is 1. The van der Waals surface area contributed by atoms with Crippen LogP contribution in [-0.2, 0) is 4.79 Å². The van der Waals surface area contributed by atoms with Gasteiger partial charge >= 0.3 is 0 Å². The molecule has 0 spiro atoms. The Bertz CT molecular complexity index is 581. The first-order valence-corrected chi connectivity index (χ1v) is 7.43. The van der Waals surface area contributed by atoms with Crippen molar-refractivity contribution in [2.75, 3.05) is 6.61 Å². The number of carbonyl (C=O) groups excluding carboxylic acids is 2. The van der Waals surface area contributed by atoms with E-state index in [1.807, 2.05) is 0 Å². The van der Waals surface area contributed by atoms with Crippen molar-refractivity contribution in [1.29, 1.82) is 0 Å². The average molecular weight is 319 g/mol. The summed E-state index contributed by atoms with van der Waals surface area (Å²) in [5, 5.41) is 11.0. The molecule has 0 radical (unpaired) electrons. The number of hydrogen-bond acceptors (Lipinski definition) is 5. The quantitative estimate of drug-likeness (QED) is 0.421. The lowest BCUT2D eigenvalue weighted by Gasteiger charge is -2.16. The molecular weight excluding hydrogens is 298 g/mol. The highest BCUT2D eigenvalue weighted by Gasteiger charge is 2.23. The van der Waals surface area contributed by atoms with Crippen LogP contribution in [0.1, 0.15) is 29.6 Å².